The van der Waals surface area contributed by atoms with Gasteiger partial charge in [-0.15, -0.1) is 0 Å². The van der Waals surface area contributed by atoms with Crippen molar-refractivity contribution in [2.75, 3.05) is 6.54 Å². The topological polar surface area (TPSA) is 98.5 Å². The summed E-state index contributed by atoms with van der Waals surface area (Å²) in [5.41, 5.74) is 0.755. The number of non-ortho nitro benzene ring substituents is 1. The zero-order valence-corrected chi connectivity index (χ0v) is 12.1. The number of nitrogens with one attached hydrogen (secondary N) is 1. The molecule has 0 unspecified atom stereocenters. The SMILES string of the molecule is O=C(CNC(=O)c1cccc([N+](=O)[O-])c1)OCc1ccccc1. The highest BCUT2D eigenvalue weighted by molar-refractivity contribution is 5.96. The lowest BCUT2D eigenvalue weighted by molar-refractivity contribution is -0.384. The predicted octanol–water partition coefficient (Wildman–Crippen LogP) is 2.07. The smallest absolute Gasteiger partial charge is 0.325 e. The molecular formula is C16H14N2O5. The van der Waals surface area contributed by atoms with Crippen molar-refractivity contribution in [3.63, 3.8) is 0 Å². The maximum Gasteiger partial charge on any atom is 0.325 e. The van der Waals surface area contributed by atoms with Gasteiger partial charge < -0.3 is 10.1 Å². The van der Waals surface area contributed by atoms with Crippen LogP contribution in [0.15, 0.2) is 54.6 Å². The predicted molar refractivity (Wildman–Crippen MR) is 81.7 cm³/mol. The van der Waals surface area contributed by atoms with Crippen LogP contribution in [0.3, 0.4) is 0 Å². The van der Waals surface area contributed by atoms with Gasteiger partial charge in [-0.2, -0.15) is 0 Å². The highest BCUT2D eigenvalue weighted by Gasteiger charge is 2.12. The molecule has 2 aromatic carbocycles. The van der Waals surface area contributed by atoms with Crippen LogP contribution in [-0.2, 0) is 16.1 Å². The Hall–Kier alpha value is -3.22. The van der Waals surface area contributed by atoms with Crippen molar-refractivity contribution >= 4 is 17.6 Å². The van der Waals surface area contributed by atoms with Gasteiger partial charge in [-0.05, 0) is 11.6 Å². The van der Waals surface area contributed by atoms with Crippen molar-refractivity contribution in [2.45, 2.75) is 6.61 Å². The molecule has 1 amide bonds. The second-order valence-corrected chi connectivity index (χ2v) is 4.64. The van der Waals surface area contributed by atoms with Crippen LogP contribution in [0, 0.1) is 10.1 Å². The fourth-order valence-electron chi connectivity index (χ4n) is 1.80. The van der Waals surface area contributed by atoms with Crippen molar-refractivity contribution in [2.24, 2.45) is 0 Å². The van der Waals surface area contributed by atoms with Crippen molar-refractivity contribution in [3.05, 3.63) is 75.8 Å². The minimum absolute atomic E-state index is 0.107. The molecule has 7 nitrogen and oxygen atoms in total. The molecular weight excluding hydrogens is 300 g/mol. The Bertz CT molecular complexity index is 715. The standard InChI is InChI=1S/C16H14N2O5/c19-15(23-11-12-5-2-1-3-6-12)10-17-16(20)13-7-4-8-14(9-13)18(21)22/h1-9H,10-11H2,(H,17,20). The number of nitrogens with zero attached hydrogens (tertiary/aromatic N) is 1. The normalized spacial score (nSPS) is 9.91. The number of amides is 1. The highest BCUT2D eigenvalue weighted by Crippen LogP contribution is 2.12. The number of rotatable bonds is 6. The Kier molecular flexibility index (Phi) is 5.40. The van der Waals surface area contributed by atoms with Crippen LogP contribution < -0.4 is 5.32 Å². The van der Waals surface area contributed by atoms with E-state index in [1.807, 2.05) is 30.3 Å². The molecule has 0 aliphatic heterocycles. The third-order valence-electron chi connectivity index (χ3n) is 2.96. The maximum atomic E-state index is 11.9. The number of hydrogen-bond acceptors (Lipinski definition) is 5. The van der Waals surface area contributed by atoms with Crippen LogP contribution in [-0.4, -0.2) is 23.3 Å². The summed E-state index contributed by atoms with van der Waals surface area (Å²) in [6.45, 7) is -0.194. The minimum Gasteiger partial charge on any atom is -0.460 e. The molecule has 0 heterocycles. The largest absolute Gasteiger partial charge is 0.460 e. The first-order chi connectivity index (χ1) is 11.1. The zero-order chi connectivity index (χ0) is 16.7. The van der Waals surface area contributed by atoms with E-state index < -0.39 is 16.8 Å². The first kappa shape index (κ1) is 16.2. The minimum atomic E-state index is -0.592. The summed E-state index contributed by atoms with van der Waals surface area (Å²) < 4.78 is 5.01. The first-order valence-corrected chi connectivity index (χ1v) is 6.78. The van der Waals surface area contributed by atoms with Gasteiger partial charge in [-0.25, -0.2) is 0 Å². The Morgan fingerprint density at radius 2 is 1.83 bits per heavy atom. The molecule has 0 spiro atoms. The van der Waals surface area contributed by atoms with Crippen LogP contribution in [0.1, 0.15) is 15.9 Å². The molecule has 118 valence electrons. The molecule has 0 saturated carbocycles. The lowest BCUT2D eigenvalue weighted by atomic mass is 10.2. The van der Waals surface area contributed by atoms with Crippen molar-refractivity contribution in [3.8, 4) is 0 Å². The van der Waals surface area contributed by atoms with Crippen LogP contribution in [0.5, 0.6) is 0 Å². The van der Waals surface area contributed by atoms with Gasteiger partial charge >= 0.3 is 5.97 Å². The summed E-state index contributed by atoms with van der Waals surface area (Å²) >= 11 is 0. The van der Waals surface area contributed by atoms with Crippen molar-refractivity contribution in [1.82, 2.24) is 5.32 Å². The van der Waals surface area contributed by atoms with E-state index in [0.717, 1.165) is 11.6 Å². The fraction of sp³-hybridized carbons (Fsp3) is 0.125. The number of esters is 1. The number of carbonyl (C=O) groups excluding carboxylic acids is 2. The Labute approximate surface area is 132 Å². The second-order valence-electron chi connectivity index (χ2n) is 4.64. The van der Waals surface area contributed by atoms with Gasteiger partial charge in [-0.1, -0.05) is 36.4 Å². The summed E-state index contributed by atoms with van der Waals surface area (Å²) in [7, 11) is 0. The Balaban J connectivity index is 1.83. The summed E-state index contributed by atoms with van der Waals surface area (Å²) in [4.78, 5) is 33.5. The number of nitro benzene ring substituents is 1. The number of hydrogen-bond donors (Lipinski definition) is 1. The second kappa shape index (κ2) is 7.69. The number of benzene rings is 2. The molecule has 0 aliphatic rings. The molecule has 0 bridgehead atoms. The summed E-state index contributed by atoms with van der Waals surface area (Å²) in [6, 6.07) is 14.4. The number of carbonyl (C=O) groups is 2. The lowest BCUT2D eigenvalue weighted by Gasteiger charge is -2.06. The van der Waals surface area contributed by atoms with E-state index in [2.05, 4.69) is 5.32 Å². The van der Waals surface area contributed by atoms with Crippen molar-refractivity contribution in [1.29, 1.82) is 0 Å². The molecule has 0 aromatic heterocycles. The Morgan fingerprint density at radius 3 is 2.52 bits per heavy atom. The molecule has 1 N–H and O–H groups in total. The average Bonchev–Trinajstić information content (AvgIpc) is 2.58. The van der Waals surface area contributed by atoms with Crippen LogP contribution in [0.2, 0.25) is 0 Å². The molecule has 0 radical (unpaired) electrons. The van der Waals surface area contributed by atoms with Gasteiger partial charge in [-0.3, -0.25) is 19.7 Å². The molecule has 0 fully saturated rings. The average molecular weight is 314 g/mol. The Morgan fingerprint density at radius 1 is 1.09 bits per heavy atom. The summed E-state index contributed by atoms with van der Waals surface area (Å²) in [5.74, 6) is -1.17. The maximum absolute atomic E-state index is 11.9. The van der Waals surface area contributed by atoms with Gasteiger partial charge in [0.25, 0.3) is 11.6 Å². The molecule has 7 heteroatoms. The third-order valence-corrected chi connectivity index (χ3v) is 2.96. The van der Waals surface area contributed by atoms with Crippen LogP contribution >= 0.6 is 0 Å². The quantitative estimate of drug-likeness (QED) is 0.500. The third kappa shape index (κ3) is 4.92. The van der Waals surface area contributed by atoms with Gasteiger partial charge in [0.2, 0.25) is 0 Å². The monoisotopic (exact) mass is 314 g/mol. The summed E-state index contributed by atoms with van der Waals surface area (Å²) in [6.07, 6.45) is 0. The summed E-state index contributed by atoms with van der Waals surface area (Å²) in [5, 5.41) is 13.0. The molecule has 0 saturated heterocycles. The molecule has 2 rings (SSSR count). The van der Waals surface area contributed by atoms with E-state index in [-0.39, 0.29) is 24.4 Å². The van der Waals surface area contributed by atoms with Crippen LogP contribution in [0.4, 0.5) is 5.69 Å². The number of ether oxygens (including phenoxy) is 1. The fourth-order valence-corrected chi connectivity index (χ4v) is 1.80. The zero-order valence-electron chi connectivity index (χ0n) is 12.1. The molecule has 23 heavy (non-hydrogen) atoms. The van der Waals surface area contributed by atoms with E-state index in [1.165, 1.54) is 18.2 Å². The van der Waals surface area contributed by atoms with E-state index in [4.69, 9.17) is 4.74 Å². The van der Waals surface area contributed by atoms with Crippen molar-refractivity contribution < 1.29 is 19.2 Å². The van der Waals surface area contributed by atoms with Gasteiger partial charge in [0.05, 0.1) is 4.92 Å². The van der Waals surface area contributed by atoms with Gasteiger partial charge in [0, 0.05) is 17.7 Å². The van der Waals surface area contributed by atoms with E-state index in [1.54, 1.807) is 0 Å². The van der Waals surface area contributed by atoms with Gasteiger partial charge in [0.15, 0.2) is 0 Å². The molecule has 2 aromatic rings. The van der Waals surface area contributed by atoms with E-state index >= 15 is 0 Å². The molecule has 0 aliphatic carbocycles. The van der Waals surface area contributed by atoms with Gasteiger partial charge in [0.1, 0.15) is 13.2 Å². The number of nitro groups is 1. The van der Waals surface area contributed by atoms with E-state index in [0.29, 0.717) is 0 Å². The van der Waals surface area contributed by atoms with Crippen LogP contribution in [0.25, 0.3) is 0 Å². The first-order valence-electron chi connectivity index (χ1n) is 6.78. The lowest BCUT2D eigenvalue weighted by Crippen LogP contribution is -2.30. The van der Waals surface area contributed by atoms with E-state index in [9.17, 15) is 19.7 Å². The molecule has 0 atom stereocenters. The highest BCUT2D eigenvalue weighted by atomic mass is 16.6.